The van der Waals surface area contributed by atoms with E-state index >= 15 is 0 Å². The van der Waals surface area contributed by atoms with E-state index in [1.165, 1.54) is 22.2 Å². The van der Waals surface area contributed by atoms with E-state index in [0.29, 0.717) is 0 Å². The van der Waals surface area contributed by atoms with E-state index < -0.39 is 5.97 Å². The van der Waals surface area contributed by atoms with Gasteiger partial charge in [0.05, 0.1) is 12.5 Å². The van der Waals surface area contributed by atoms with Crippen LogP contribution in [0, 0.1) is 5.41 Å². The summed E-state index contributed by atoms with van der Waals surface area (Å²) in [6.07, 6.45) is 3.22. The molecule has 2 aliphatic rings. The van der Waals surface area contributed by atoms with Crippen LogP contribution >= 0.6 is 0 Å². The summed E-state index contributed by atoms with van der Waals surface area (Å²) in [5.41, 5.74) is 3.72. The number of rotatable bonds is 3. The van der Waals surface area contributed by atoms with Gasteiger partial charge in [0.1, 0.15) is 0 Å². The summed E-state index contributed by atoms with van der Waals surface area (Å²) in [6.45, 7) is 4.20. The molecular weight excluding hydrogens is 276 g/mol. The minimum absolute atomic E-state index is 0.137. The van der Waals surface area contributed by atoms with E-state index in [0.717, 1.165) is 32.4 Å². The quantitative estimate of drug-likeness (QED) is 0.913. The van der Waals surface area contributed by atoms with Crippen LogP contribution < -0.4 is 0 Å². The number of nitrogens with one attached hydrogen (secondary N) is 1. The van der Waals surface area contributed by atoms with Crippen LogP contribution in [0.3, 0.4) is 0 Å². The van der Waals surface area contributed by atoms with Crippen molar-refractivity contribution in [1.82, 2.24) is 9.88 Å². The molecule has 2 N–H and O–H groups in total. The summed E-state index contributed by atoms with van der Waals surface area (Å²) in [5, 5.41) is 10.7. The van der Waals surface area contributed by atoms with Gasteiger partial charge >= 0.3 is 5.97 Å². The van der Waals surface area contributed by atoms with Crippen LogP contribution in [0.1, 0.15) is 43.5 Å². The zero-order valence-corrected chi connectivity index (χ0v) is 12.9. The molecule has 1 saturated heterocycles. The molecule has 4 heteroatoms. The van der Waals surface area contributed by atoms with Crippen molar-refractivity contribution in [2.24, 2.45) is 5.41 Å². The van der Waals surface area contributed by atoms with Crippen LogP contribution in [0.4, 0.5) is 0 Å². The van der Waals surface area contributed by atoms with Crippen molar-refractivity contribution in [2.45, 2.75) is 38.6 Å². The molecule has 2 aliphatic heterocycles. The number of nitrogens with zero attached hydrogens (tertiary/aromatic N) is 1. The van der Waals surface area contributed by atoms with Gasteiger partial charge in [-0.3, -0.25) is 9.69 Å². The van der Waals surface area contributed by atoms with Crippen molar-refractivity contribution in [2.75, 3.05) is 13.1 Å². The number of aliphatic carboxylic acids is 1. The highest BCUT2D eigenvalue weighted by Gasteiger charge is 2.50. The molecule has 2 atom stereocenters. The topological polar surface area (TPSA) is 56.3 Å². The zero-order valence-electron chi connectivity index (χ0n) is 12.9. The third-order valence-electron chi connectivity index (χ3n) is 5.82. The smallest absolute Gasteiger partial charge is 0.303 e. The van der Waals surface area contributed by atoms with Crippen molar-refractivity contribution in [3.63, 3.8) is 0 Å². The summed E-state index contributed by atoms with van der Waals surface area (Å²) in [5.74, 6) is -0.674. The molecule has 4 rings (SSSR count). The molecule has 0 aliphatic carbocycles. The Morgan fingerprint density at radius 2 is 2.23 bits per heavy atom. The van der Waals surface area contributed by atoms with Crippen molar-refractivity contribution in [1.29, 1.82) is 0 Å². The number of hydrogen-bond acceptors (Lipinski definition) is 2. The number of H-pyrrole nitrogens is 1. The highest BCUT2D eigenvalue weighted by Crippen LogP contribution is 2.54. The highest BCUT2D eigenvalue weighted by atomic mass is 16.4. The Morgan fingerprint density at radius 1 is 1.41 bits per heavy atom. The Kier molecular flexibility index (Phi) is 3.05. The SMILES string of the molecule is CCC1(CC(=O)O)CCN2CCc3c([nH]c4ccccc34)C21. The second kappa shape index (κ2) is 4.85. The van der Waals surface area contributed by atoms with E-state index in [2.05, 4.69) is 41.1 Å². The second-order valence-electron chi connectivity index (χ2n) is 6.79. The number of aromatic amines is 1. The lowest BCUT2D eigenvalue weighted by Crippen LogP contribution is -2.38. The number of carboxylic acid groups (broad SMARTS) is 1. The lowest BCUT2D eigenvalue weighted by molar-refractivity contribution is -0.140. The first-order valence-electron chi connectivity index (χ1n) is 8.20. The molecule has 0 amide bonds. The molecule has 1 aromatic carbocycles. The molecule has 1 aromatic heterocycles. The number of benzene rings is 1. The number of fused-ring (bicyclic) bond motifs is 5. The fraction of sp³-hybridized carbons (Fsp3) is 0.500. The van der Waals surface area contributed by atoms with E-state index in [1.54, 1.807) is 0 Å². The molecule has 116 valence electrons. The van der Waals surface area contributed by atoms with Gasteiger partial charge in [0.25, 0.3) is 0 Å². The largest absolute Gasteiger partial charge is 0.481 e. The van der Waals surface area contributed by atoms with Gasteiger partial charge < -0.3 is 10.1 Å². The summed E-state index contributed by atoms with van der Waals surface area (Å²) >= 11 is 0. The van der Waals surface area contributed by atoms with Crippen LogP contribution in [-0.4, -0.2) is 34.0 Å². The Hall–Kier alpha value is -1.81. The molecule has 0 bridgehead atoms. The van der Waals surface area contributed by atoms with Gasteiger partial charge in [-0.15, -0.1) is 0 Å². The molecule has 1 fully saturated rings. The third kappa shape index (κ3) is 1.83. The van der Waals surface area contributed by atoms with Gasteiger partial charge in [-0.05, 0) is 37.4 Å². The predicted octanol–water partition coefficient (Wildman–Crippen LogP) is 3.34. The Balaban J connectivity index is 1.87. The average Bonchev–Trinajstić information content (AvgIpc) is 3.05. The molecular formula is C18H22N2O2. The van der Waals surface area contributed by atoms with E-state index in [1.807, 2.05) is 0 Å². The summed E-state index contributed by atoms with van der Waals surface area (Å²) in [6, 6.07) is 8.67. The first kappa shape index (κ1) is 13.8. The van der Waals surface area contributed by atoms with Crippen molar-refractivity contribution >= 4 is 16.9 Å². The fourth-order valence-corrected chi connectivity index (χ4v) is 4.71. The maximum absolute atomic E-state index is 11.4. The molecule has 0 radical (unpaired) electrons. The lowest BCUT2D eigenvalue weighted by atomic mass is 9.72. The number of carbonyl (C=O) groups is 1. The predicted molar refractivity (Wildman–Crippen MR) is 85.9 cm³/mol. The standard InChI is InChI=1S/C18H22N2O2/c1-2-18(11-15(21)22)8-10-20-9-7-13-12-5-3-4-6-14(12)19-16(13)17(18)20/h3-6,17,19H,2,7-11H2,1H3,(H,21,22). The third-order valence-corrected chi connectivity index (χ3v) is 5.82. The second-order valence-corrected chi connectivity index (χ2v) is 6.79. The number of carboxylic acids is 1. The lowest BCUT2D eigenvalue weighted by Gasteiger charge is -2.39. The van der Waals surface area contributed by atoms with Gasteiger partial charge in [-0.25, -0.2) is 0 Å². The zero-order chi connectivity index (χ0) is 15.3. The maximum atomic E-state index is 11.4. The Labute approximate surface area is 130 Å². The van der Waals surface area contributed by atoms with Crippen LogP contribution in [0.2, 0.25) is 0 Å². The van der Waals surface area contributed by atoms with Gasteiger partial charge in [0, 0.05) is 28.6 Å². The van der Waals surface area contributed by atoms with Crippen LogP contribution in [0.15, 0.2) is 24.3 Å². The summed E-state index contributed by atoms with van der Waals surface area (Å²) in [7, 11) is 0. The minimum Gasteiger partial charge on any atom is -0.481 e. The highest BCUT2D eigenvalue weighted by molar-refractivity contribution is 5.85. The molecule has 2 aromatic rings. The molecule has 22 heavy (non-hydrogen) atoms. The van der Waals surface area contributed by atoms with Crippen LogP contribution in [0.5, 0.6) is 0 Å². The minimum atomic E-state index is -0.674. The van der Waals surface area contributed by atoms with E-state index in [4.69, 9.17) is 0 Å². The molecule has 0 spiro atoms. The number of hydrogen-bond donors (Lipinski definition) is 2. The van der Waals surface area contributed by atoms with E-state index in [9.17, 15) is 9.90 Å². The van der Waals surface area contributed by atoms with Gasteiger partial charge in [0.15, 0.2) is 0 Å². The van der Waals surface area contributed by atoms with Crippen LogP contribution in [-0.2, 0) is 11.2 Å². The monoisotopic (exact) mass is 298 g/mol. The fourth-order valence-electron chi connectivity index (χ4n) is 4.71. The normalized spacial score (nSPS) is 27.8. The first-order chi connectivity index (χ1) is 10.6. The van der Waals surface area contributed by atoms with Gasteiger partial charge in [-0.2, -0.15) is 0 Å². The molecule has 2 unspecified atom stereocenters. The Bertz CT molecular complexity index is 736. The van der Waals surface area contributed by atoms with Gasteiger partial charge in [-0.1, -0.05) is 25.1 Å². The van der Waals surface area contributed by atoms with Crippen molar-refractivity contribution < 1.29 is 9.90 Å². The molecule has 0 saturated carbocycles. The van der Waals surface area contributed by atoms with Crippen molar-refractivity contribution in [3.05, 3.63) is 35.5 Å². The summed E-state index contributed by atoms with van der Waals surface area (Å²) < 4.78 is 0. The number of para-hydroxylation sites is 1. The first-order valence-corrected chi connectivity index (χ1v) is 8.20. The van der Waals surface area contributed by atoms with Crippen molar-refractivity contribution in [3.8, 4) is 0 Å². The summed E-state index contributed by atoms with van der Waals surface area (Å²) in [4.78, 5) is 17.6. The van der Waals surface area contributed by atoms with E-state index in [-0.39, 0.29) is 17.9 Å². The Morgan fingerprint density at radius 3 is 3.00 bits per heavy atom. The van der Waals surface area contributed by atoms with Crippen LogP contribution in [0.25, 0.3) is 10.9 Å². The average molecular weight is 298 g/mol. The maximum Gasteiger partial charge on any atom is 0.303 e. The molecule has 4 nitrogen and oxygen atoms in total. The van der Waals surface area contributed by atoms with Gasteiger partial charge in [0.2, 0.25) is 0 Å². The number of aromatic nitrogens is 1. The molecule has 3 heterocycles.